The van der Waals surface area contributed by atoms with Gasteiger partial charge in [-0.05, 0) is 43.7 Å². The summed E-state index contributed by atoms with van der Waals surface area (Å²) in [5, 5.41) is 3.13. The molecule has 0 radical (unpaired) electrons. The van der Waals surface area contributed by atoms with Crippen LogP contribution in [0.3, 0.4) is 0 Å². The van der Waals surface area contributed by atoms with Crippen molar-refractivity contribution in [3.05, 3.63) is 75.8 Å². The number of aryl methyl sites for hydroxylation is 2. The fraction of sp³-hybridized carbons (Fsp3) is 0.158. The van der Waals surface area contributed by atoms with E-state index in [1.165, 1.54) is 24.3 Å². The molecule has 4 nitrogen and oxygen atoms in total. The van der Waals surface area contributed by atoms with Gasteiger partial charge in [-0.15, -0.1) is 0 Å². The number of aromatic nitrogens is 1. The highest BCUT2D eigenvalue weighted by Crippen LogP contribution is 2.17. The van der Waals surface area contributed by atoms with Crippen LogP contribution in [0.4, 0.5) is 10.1 Å². The van der Waals surface area contributed by atoms with E-state index in [0.717, 1.165) is 16.8 Å². The Hall–Kier alpha value is -2.95. The summed E-state index contributed by atoms with van der Waals surface area (Å²) in [6, 6.07) is 11.1. The van der Waals surface area contributed by atoms with E-state index >= 15 is 0 Å². The van der Waals surface area contributed by atoms with Gasteiger partial charge in [0.15, 0.2) is 5.43 Å². The first-order valence-corrected chi connectivity index (χ1v) is 7.60. The van der Waals surface area contributed by atoms with Crippen LogP contribution in [0.15, 0.2) is 53.5 Å². The first-order valence-electron chi connectivity index (χ1n) is 7.60. The predicted octanol–water partition coefficient (Wildman–Crippen LogP) is 3.40. The number of carbonyl (C=O) groups excluding carboxylic acids is 1. The normalized spacial score (nSPS) is 10.8. The Morgan fingerprint density at radius 3 is 2.67 bits per heavy atom. The van der Waals surface area contributed by atoms with E-state index in [4.69, 9.17) is 0 Å². The Labute approximate surface area is 138 Å². The Morgan fingerprint density at radius 1 is 1.12 bits per heavy atom. The van der Waals surface area contributed by atoms with Gasteiger partial charge in [0.2, 0.25) is 5.91 Å². The van der Waals surface area contributed by atoms with Crippen LogP contribution in [0.2, 0.25) is 0 Å². The minimum Gasteiger partial charge on any atom is -0.338 e. The van der Waals surface area contributed by atoms with Gasteiger partial charge in [-0.1, -0.05) is 17.7 Å². The minimum absolute atomic E-state index is 0.0374. The first kappa shape index (κ1) is 15.9. The fourth-order valence-corrected chi connectivity index (χ4v) is 2.72. The van der Waals surface area contributed by atoms with Crippen LogP contribution >= 0.6 is 0 Å². The molecular formula is C19H17FN2O2. The van der Waals surface area contributed by atoms with Crippen molar-refractivity contribution < 1.29 is 9.18 Å². The summed E-state index contributed by atoms with van der Waals surface area (Å²) in [4.78, 5) is 24.2. The van der Waals surface area contributed by atoms with E-state index in [0.29, 0.717) is 5.52 Å². The van der Waals surface area contributed by atoms with Crippen LogP contribution in [-0.4, -0.2) is 10.5 Å². The summed E-state index contributed by atoms with van der Waals surface area (Å²) in [7, 11) is 0. The average molecular weight is 324 g/mol. The molecule has 2 aromatic carbocycles. The number of amides is 1. The smallest absolute Gasteiger partial charge is 0.244 e. The summed E-state index contributed by atoms with van der Waals surface area (Å²) in [5.74, 6) is -0.687. The maximum Gasteiger partial charge on any atom is 0.244 e. The van der Waals surface area contributed by atoms with E-state index in [1.54, 1.807) is 10.8 Å². The molecule has 0 saturated heterocycles. The second-order valence-corrected chi connectivity index (χ2v) is 5.84. The lowest BCUT2D eigenvalue weighted by atomic mass is 10.1. The molecule has 0 aliphatic rings. The predicted molar refractivity (Wildman–Crippen MR) is 92.7 cm³/mol. The average Bonchev–Trinajstić information content (AvgIpc) is 2.53. The SMILES string of the molecule is Cc1ccc(NC(=O)Cn2ccc(=O)c3cc(F)ccc32)c(C)c1. The van der Waals surface area contributed by atoms with Crippen molar-refractivity contribution in [2.45, 2.75) is 20.4 Å². The number of carbonyl (C=O) groups is 1. The molecule has 1 heterocycles. The Kier molecular flexibility index (Phi) is 4.16. The lowest BCUT2D eigenvalue weighted by Crippen LogP contribution is -2.20. The van der Waals surface area contributed by atoms with Crippen molar-refractivity contribution in [3.63, 3.8) is 0 Å². The Balaban J connectivity index is 1.88. The molecule has 3 aromatic rings. The molecule has 3 rings (SSSR count). The zero-order chi connectivity index (χ0) is 17.3. The van der Waals surface area contributed by atoms with E-state index in [-0.39, 0.29) is 23.3 Å². The highest BCUT2D eigenvalue weighted by atomic mass is 19.1. The van der Waals surface area contributed by atoms with E-state index in [2.05, 4.69) is 5.32 Å². The standard InChI is InChI=1S/C19H17FN2O2/c1-12-3-5-16(13(2)9-12)21-19(24)11-22-8-7-18(23)15-10-14(20)4-6-17(15)22/h3-10H,11H2,1-2H3,(H,21,24). The van der Waals surface area contributed by atoms with Crippen LogP contribution < -0.4 is 10.7 Å². The van der Waals surface area contributed by atoms with Gasteiger partial charge < -0.3 is 9.88 Å². The molecule has 24 heavy (non-hydrogen) atoms. The zero-order valence-corrected chi connectivity index (χ0v) is 13.5. The number of nitrogens with one attached hydrogen (secondary N) is 1. The van der Waals surface area contributed by atoms with Crippen molar-refractivity contribution >= 4 is 22.5 Å². The monoisotopic (exact) mass is 324 g/mol. The van der Waals surface area contributed by atoms with Gasteiger partial charge in [-0.25, -0.2) is 4.39 Å². The quantitative estimate of drug-likeness (QED) is 0.803. The van der Waals surface area contributed by atoms with Gasteiger partial charge in [-0.2, -0.15) is 0 Å². The maximum absolute atomic E-state index is 13.3. The lowest BCUT2D eigenvalue weighted by molar-refractivity contribution is -0.116. The third-order valence-electron chi connectivity index (χ3n) is 3.91. The Morgan fingerprint density at radius 2 is 1.92 bits per heavy atom. The number of rotatable bonds is 3. The Bertz CT molecular complexity index is 992. The molecule has 122 valence electrons. The van der Waals surface area contributed by atoms with Gasteiger partial charge in [0, 0.05) is 23.3 Å². The van der Waals surface area contributed by atoms with Gasteiger partial charge in [0.25, 0.3) is 0 Å². The molecule has 0 fully saturated rings. The molecule has 1 amide bonds. The molecule has 1 aromatic heterocycles. The number of hydrogen-bond acceptors (Lipinski definition) is 2. The van der Waals surface area contributed by atoms with Crippen LogP contribution in [0, 0.1) is 19.7 Å². The molecule has 0 aliphatic heterocycles. The summed E-state index contributed by atoms with van der Waals surface area (Å²) < 4.78 is 15.0. The number of nitrogens with zero attached hydrogens (tertiary/aromatic N) is 1. The van der Waals surface area contributed by atoms with Crippen LogP contribution in [-0.2, 0) is 11.3 Å². The lowest BCUT2D eigenvalue weighted by Gasteiger charge is -2.12. The molecule has 5 heteroatoms. The van der Waals surface area contributed by atoms with E-state index in [1.807, 2.05) is 32.0 Å². The summed E-state index contributed by atoms with van der Waals surface area (Å²) >= 11 is 0. The number of fused-ring (bicyclic) bond motifs is 1. The topological polar surface area (TPSA) is 51.1 Å². The van der Waals surface area contributed by atoms with Crippen LogP contribution in [0.25, 0.3) is 10.9 Å². The second kappa shape index (κ2) is 6.28. The van der Waals surface area contributed by atoms with Crippen LogP contribution in [0.1, 0.15) is 11.1 Å². The molecule has 0 atom stereocenters. The number of halogens is 1. The highest BCUT2D eigenvalue weighted by molar-refractivity contribution is 5.92. The first-order chi connectivity index (χ1) is 11.4. The maximum atomic E-state index is 13.3. The van der Waals surface area contributed by atoms with Gasteiger partial charge in [-0.3, -0.25) is 9.59 Å². The number of anilines is 1. The molecule has 0 saturated carbocycles. The van der Waals surface area contributed by atoms with Crippen molar-refractivity contribution in [2.24, 2.45) is 0 Å². The molecule has 0 spiro atoms. The van der Waals surface area contributed by atoms with Crippen molar-refractivity contribution in [1.29, 1.82) is 0 Å². The van der Waals surface area contributed by atoms with Crippen molar-refractivity contribution in [3.8, 4) is 0 Å². The molecular weight excluding hydrogens is 307 g/mol. The van der Waals surface area contributed by atoms with Crippen molar-refractivity contribution in [2.75, 3.05) is 5.32 Å². The molecule has 0 aliphatic carbocycles. The van der Waals surface area contributed by atoms with E-state index in [9.17, 15) is 14.0 Å². The molecule has 0 bridgehead atoms. The number of hydrogen-bond donors (Lipinski definition) is 1. The van der Waals surface area contributed by atoms with Gasteiger partial charge in [0.1, 0.15) is 12.4 Å². The summed E-state index contributed by atoms with van der Waals surface area (Å²) in [6.07, 6.45) is 1.55. The third kappa shape index (κ3) is 3.20. The van der Waals surface area contributed by atoms with Gasteiger partial charge >= 0.3 is 0 Å². The fourth-order valence-electron chi connectivity index (χ4n) is 2.72. The molecule has 1 N–H and O–H groups in total. The second-order valence-electron chi connectivity index (χ2n) is 5.84. The number of pyridine rings is 1. The minimum atomic E-state index is -0.475. The highest BCUT2D eigenvalue weighted by Gasteiger charge is 2.09. The largest absolute Gasteiger partial charge is 0.338 e. The van der Waals surface area contributed by atoms with Crippen molar-refractivity contribution in [1.82, 2.24) is 4.57 Å². The summed E-state index contributed by atoms with van der Waals surface area (Å²) in [5.41, 5.74) is 3.12. The zero-order valence-electron chi connectivity index (χ0n) is 13.5. The van der Waals surface area contributed by atoms with Gasteiger partial charge in [0.05, 0.1) is 5.52 Å². The third-order valence-corrected chi connectivity index (χ3v) is 3.91. The number of benzene rings is 2. The summed E-state index contributed by atoms with van der Waals surface area (Å²) in [6.45, 7) is 3.96. The molecule has 0 unspecified atom stereocenters. The van der Waals surface area contributed by atoms with E-state index < -0.39 is 5.82 Å². The van der Waals surface area contributed by atoms with Crippen LogP contribution in [0.5, 0.6) is 0 Å².